The first-order chi connectivity index (χ1) is 8.97. The second-order valence-electron chi connectivity index (χ2n) is 5.82. The Morgan fingerprint density at radius 2 is 2.05 bits per heavy atom. The van der Waals surface area contributed by atoms with Gasteiger partial charge in [0.25, 0.3) is 5.91 Å². The van der Waals surface area contributed by atoms with E-state index in [0.717, 1.165) is 32.0 Å². The van der Waals surface area contributed by atoms with Crippen molar-refractivity contribution in [2.24, 2.45) is 0 Å². The number of rotatable bonds is 2. The van der Waals surface area contributed by atoms with Crippen LogP contribution in [0.15, 0.2) is 18.3 Å². The average molecular weight is 262 g/mol. The Hall–Kier alpha value is -1.62. The number of pyridine rings is 1. The summed E-state index contributed by atoms with van der Waals surface area (Å²) in [5.74, 6) is 0.722. The molecule has 104 valence electrons. The molecule has 19 heavy (non-hydrogen) atoms. The molecule has 0 aromatic carbocycles. The van der Waals surface area contributed by atoms with Crippen LogP contribution >= 0.6 is 0 Å². The second-order valence-corrected chi connectivity index (χ2v) is 5.82. The monoisotopic (exact) mass is 262 g/mol. The molecule has 0 saturated carbocycles. The van der Waals surface area contributed by atoms with Crippen LogP contribution in [0.25, 0.3) is 0 Å². The highest BCUT2D eigenvalue weighted by Gasteiger charge is 2.22. The highest BCUT2D eigenvalue weighted by Crippen LogP contribution is 2.18. The minimum absolute atomic E-state index is 0.0610. The van der Waals surface area contributed by atoms with Crippen molar-refractivity contribution in [3.8, 4) is 0 Å². The van der Waals surface area contributed by atoms with E-state index < -0.39 is 0 Å². The van der Waals surface area contributed by atoms with Crippen molar-refractivity contribution in [3.63, 3.8) is 0 Å². The van der Waals surface area contributed by atoms with Gasteiger partial charge in [-0.1, -0.05) is 0 Å². The predicted molar refractivity (Wildman–Crippen MR) is 76.5 cm³/mol. The van der Waals surface area contributed by atoms with Gasteiger partial charge in [-0.05, 0) is 32.9 Å². The quantitative estimate of drug-likeness (QED) is 0.835. The minimum Gasteiger partial charge on any atom is -0.353 e. The summed E-state index contributed by atoms with van der Waals surface area (Å²) >= 11 is 0. The summed E-state index contributed by atoms with van der Waals surface area (Å²) in [7, 11) is 0. The summed E-state index contributed by atoms with van der Waals surface area (Å²) in [6.07, 6.45) is 1.74. The molecule has 0 aliphatic carbocycles. The smallest absolute Gasteiger partial charge is 0.255 e. The van der Waals surface area contributed by atoms with Crippen LogP contribution in [0.5, 0.6) is 0 Å². The van der Waals surface area contributed by atoms with Crippen molar-refractivity contribution in [1.82, 2.24) is 15.6 Å². The van der Waals surface area contributed by atoms with E-state index in [4.69, 9.17) is 0 Å². The molecule has 0 unspecified atom stereocenters. The molecule has 1 saturated heterocycles. The molecule has 1 aliphatic heterocycles. The summed E-state index contributed by atoms with van der Waals surface area (Å²) in [5, 5.41) is 6.30. The van der Waals surface area contributed by atoms with Crippen LogP contribution in [0.3, 0.4) is 0 Å². The number of nitrogens with zero attached hydrogens (tertiary/aromatic N) is 2. The maximum absolute atomic E-state index is 12.3. The number of nitrogens with one attached hydrogen (secondary N) is 2. The lowest BCUT2D eigenvalue weighted by Gasteiger charge is -2.30. The standard InChI is InChI=1S/C14H22N4O/c1-14(2,3)17-13(19)11-5-4-6-16-12(11)18-9-7-15-8-10-18/h4-6,15H,7-10H2,1-3H3,(H,17,19). The number of carbonyl (C=O) groups excluding carboxylic acids is 1. The molecule has 1 aliphatic rings. The van der Waals surface area contributed by atoms with Gasteiger partial charge in [0.15, 0.2) is 0 Å². The summed E-state index contributed by atoms with van der Waals surface area (Å²) in [4.78, 5) is 18.9. The van der Waals surface area contributed by atoms with Crippen LogP contribution in [0.1, 0.15) is 31.1 Å². The van der Waals surface area contributed by atoms with Gasteiger partial charge in [-0.15, -0.1) is 0 Å². The lowest BCUT2D eigenvalue weighted by molar-refractivity contribution is 0.0919. The topological polar surface area (TPSA) is 57.3 Å². The Bertz CT molecular complexity index is 447. The molecule has 1 fully saturated rings. The zero-order valence-electron chi connectivity index (χ0n) is 11.9. The Morgan fingerprint density at radius 1 is 1.37 bits per heavy atom. The van der Waals surface area contributed by atoms with E-state index in [1.165, 1.54) is 0 Å². The number of aromatic nitrogens is 1. The Labute approximate surface area is 114 Å². The maximum Gasteiger partial charge on any atom is 0.255 e. The normalized spacial score (nSPS) is 16.3. The van der Waals surface area contributed by atoms with Crippen LogP contribution in [0.4, 0.5) is 5.82 Å². The number of hydrogen-bond acceptors (Lipinski definition) is 4. The van der Waals surface area contributed by atoms with E-state index in [1.54, 1.807) is 6.20 Å². The van der Waals surface area contributed by atoms with Gasteiger partial charge in [0.05, 0.1) is 5.56 Å². The molecule has 5 heteroatoms. The van der Waals surface area contributed by atoms with Crippen LogP contribution in [0.2, 0.25) is 0 Å². The molecule has 5 nitrogen and oxygen atoms in total. The molecule has 0 spiro atoms. The van der Waals surface area contributed by atoms with Crippen molar-refractivity contribution in [1.29, 1.82) is 0 Å². The fourth-order valence-electron chi connectivity index (χ4n) is 2.11. The average Bonchev–Trinajstić information content (AvgIpc) is 2.38. The Balaban J connectivity index is 2.22. The molecule has 2 rings (SSSR count). The van der Waals surface area contributed by atoms with Crippen LogP contribution < -0.4 is 15.5 Å². The van der Waals surface area contributed by atoms with Gasteiger partial charge >= 0.3 is 0 Å². The van der Waals surface area contributed by atoms with Crippen molar-refractivity contribution in [2.75, 3.05) is 31.1 Å². The van der Waals surface area contributed by atoms with E-state index in [-0.39, 0.29) is 11.4 Å². The van der Waals surface area contributed by atoms with Gasteiger partial charge < -0.3 is 15.5 Å². The molecule has 2 N–H and O–H groups in total. The molecule has 0 bridgehead atoms. The predicted octanol–water partition coefficient (Wildman–Crippen LogP) is 1.02. The second kappa shape index (κ2) is 5.57. The van der Waals surface area contributed by atoms with Crippen molar-refractivity contribution < 1.29 is 4.79 Å². The molecule has 1 aromatic rings. The number of piperazine rings is 1. The number of amides is 1. The fourth-order valence-corrected chi connectivity index (χ4v) is 2.11. The van der Waals surface area contributed by atoms with Crippen molar-refractivity contribution in [3.05, 3.63) is 23.9 Å². The molecule has 2 heterocycles. The molecule has 1 aromatic heterocycles. The van der Waals surface area contributed by atoms with Crippen molar-refractivity contribution in [2.45, 2.75) is 26.3 Å². The number of hydrogen-bond donors (Lipinski definition) is 2. The molecule has 0 radical (unpaired) electrons. The van der Waals surface area contributed by atoms with Gasteiger partial charge in [-0.2, -0.15) is 0 Å². The third-order valence-corrected chi connectivity index (χ3v) is 2.94. The van der Waals surface area contributed by atoms with Crippen LogP contribution in [-0.4, -0.2) is 42.6 Å². The molecule has 1 amide bonds. The lowest BCUT2D eigenvalue weighted by Crippen LogP contribution is -2.46. The third-order valence-electron chi connectivity index (χ3n) is 2.94. The first-order valence-corrected chi connectivity index (χ1v) is 6.70. The van der Waals surface area contributed by atoms with E-state index in [0.29, 0.717) is 5.56 Å². The highest BCUT2D eigenvalue weighted by molar-refractivity contribution is 5.99. The first-order valence-electron chi connectivity index (χ1n) is 6.70. The fraction of sp³-hybridized carbons (Fsp3) is 0.571. The van der Waals surface area contributed by atoms with E-state index in [1.807, 2.05) is 32.9 Å². The zero-order chi connectivity index (χ0) is 13.9. The lowest BCUT2D eigenvalue weighted by atomic mass is 10.1. The molecule has 0 atom stereocenters. The Morgan fingerprint density at radius 3 is 2.68 bits per heavy atom. The van der Waals surface area contributed by atoms with Crippen LogP contribution in [-0.2, 0) is 0 Å². The first kappa shape index (κ1) is 13.8. The van der Waals surface area contributed by atoms with E-state index in [9.17, 15) is 4.79 Å². The summed E-state index contributed by atoms with van der Waals surface area (Å²) in [6.45, 7) is 9.55. The van der Waals surface area contributed by atoms with E-state index >= 15 is 0 Å². The zero-order valence-corrected chi connectivity index (χ0v) is 11.9. The SMILES string of the molecule is CC(C)(C)NC(=O)c1cccnc1N1CCNCC1. The van der Waals surface area contributed by atoms with Crippen molar-refractivity contribution >= 4 is 11.7 Å². The van der Waals surface area contributed by atoms with Gasteiger partial charge in [0.2, 0.25) is 0 Å². The highest BCUT2D eigenvalue weighted by atomic mass is 16.1. The largest absolute Gasteiger partial charge is 0.353 e. The summed E-state index contributed by atoms with van der Waals surface area (Å²) < 4.78 is 0. The minimum atomic E-state index is -0.242. The van der Waals surface area contributed by atoms with Gasteiger partial charge in [-0.25, -0.2) is 4.98 Å². The van der Waals surface area contributed by atoms with E-state index in [2.05, 4.69) is 20.5 Å². The third kappa shape index (κ3) is 3.67. The van der Waals surface area contributed by atoms with Crippen LogP contribution in [0, 0.1) is 0 Å². The van der Waals surface area contributed by atoms with Gasteiger partial charge in [0.1, 0.15) is 5.82 Å². The van der Waals surface area contributed by atoms with Gasteiger partial charge in [0, 0.05) is 37.9 Å². The molecular weight excluding hydrogens is 240 g/mol. The number of anilines is 1. The van der Waals surface area contributed by atoms with Gasteiger partial charge in [-0.3, -0.25) is 4.79 Å². The summed E-state index contributed by atoms with van der Waals surface area (Å²) in [6, 6.07) is 3.65. The number of carbonyl (C=O) groups is 1. The Kier molecular flexibility index (Phi) is 4.04. The molecular formula is C14H22N4O. The summed E-state index contributed by atoms with van der Waals surface area (Å²) in [5.41, 5.74) is 0.410. The maximum atomic E-state index is 12.3.